The molecule has 2 aliphatic rings. The maximum Gasteiger partial charge on any atom is 0.313 e. The zero-order chi connectivity index (χ0) is 21.4. The van der Waals surface area contributed by atoms with Crippen LogP contribution in [0.2, 0.25) is 0 Å². The highest BCUT2D eigenvalue weighted by Crippen LogP contribution is 2.39. The second-order valence-electron chi connectivity index (χ2n) is 7.92. The van der Waals surface area contributed by atoms with Gasteiger partial charge < -0.3 is 14.7 Å². The Morgan fingerprint density at radius 2 is 2.13 bits per heavy atom. The lowest BCUT2D eigenvalue weighted by atomic mass is 9.88. The van der Waals surface area contributed by atoms with Crippen molar-refractivity contribution in [1.29, 1.82) is 0 Å². The number of aryl methyl sites for hydroxylation is 1. The molecule has 0 aliphatic carbocycles. The maximum absolute atomic E-state index is 12.4. The van der Waals surface area contributed by atoms with E-state index in [1.54, 1.807) is 23.1 Å². The first-order valence-corrected chi connectivity index (χ1v) is 10.4. The fourth-order valence-corrected chi connectivity index (χ4v) is 4.50. The van der Waals surface area contributed by atoms with Crippen LogP contribution in [0.5, 0.6) is 5.75 Å². The van der Waals surface area contributed by atoms with Crippen LogP contribution in [0.15, 0.2) is 35.4 Å². The van der Waals surface area contributed by atoms with Gasteiger partial charge in [0.25, 0.3) is 0 Å². The summed E-state index contributed by atoms with van der Waals surface area (Å²) in [5, 5.41) is 10.8. The number of allylic oxidation sites excluding steroid dienone is 1. The van der Waals surface area contributed by atoms with Gasteiger partial charge in [-0.1, -0.05) is 20.3 Å². The van der Waals surface area contributed by atoms with Crippen LogP contribution in [0, 0.1) is 5.92 Å². The number of esters is 1. The Bertz CT molecular complexity index is 1100. The molecule has 1 atom stereocenters. The molecule has 6 heteroatoms. The molecule has 156 valence electrons. The Morgan fingerprint density at radius 3 is 2.83 bits per heavy atom. The van der Waals surface area contributed by atoms with Crippen LogP contribution in [0.4, 0.5) is 0 Å². The molecule has 30 heavy (non-hydrogen) atoms. The molecule has 0 fully saturated rings. The topological polar surface area (TPSA) is 79.7 Å². The van der Waals surface area contributed by atoms with E-state index in [1.807, 2.05) is 19.9 Å². The number of nitrogens with zero attached hydrogens (tertiary/aromatic N) is 2. The summed E-state index contributed by atoms with van der Waals surface area (Å²) in [6.07, 6.45) is 5.10. The van der Waals surface area contributed by atoms with Crippen LogP contribution in [0.1, 0.15) is 50.4 Å². The van der Waals surface area contributed by atoms with Gasteiger partial charge >= 0.3 is 5.97 Å². The van der Waals surface area contributed by atoms with Crippen molar-refractivity contribution in [2.45, 2.75) is 46.6 Å². The van der Waals surface area contributed by atoms with Gasteiger partial charge in [0.05, 0.1) is 29.4 Å². The fraction of sp³-hybridized carbons (Fsp3) is 0.375. The molecule has 3 heterocycles. The second kappa shape index (κ2) is 7.94. The van der Waals surface area contributed by atoms with E-state index in [2.05, 4.69) is 6.92 Å². The van der Waals surface area contributed by atoms with Crippen molar-refractivity contribution in [1.82, 2.24) is 9.88 Å². The molecule has 1 N–H and O–H groups in total. The number of aromatic nitrogens is 1. The quantitative estimate of drug-likeness (QED) is 0.597. The summed E-state index contributed by atoms with van der Waals surface area (Å²) in [6.45, 7) is 6.78. The maximum atomic E-state index is 12.4. The summed E-state index contributed by atoms with van der Waals surface area (Å²) in [5.74, 6) is -0.331. The van der Waals surface area contributed by atoms with E-state index in [4.69, 9.17) is 9.72 Å². The number of phenols is 1. The summed E-state index contributed by atoms with van der Waals surface area (Å²) < 4.78 is 5.33. The van der Waals surface area contributed by atoms with Crippen LogP contribution < -0.4 is 0 Å². The summed E-state index contributed by atoms with van der Waals surface area (Å²) in [5.41, 5.74) is 6.27. The lowest BCUT2D eigenvalue weighted by Gasteiger charge is -2.25. The van der Waals surface area contributed by atoms with Gasteiger partial charge in [0.1, 0.15) is 12.4 Å². The van der Waals surface area contributed by atoms with Gasteiger partial charge in [-0.2, -0.15) is 0 Å². The predicted octanol–water partition coefficient (Wildman–Crippen LogP) is 4.11. The van der Waals surface area contributed by atoms with E-state index in [0.717, 1.165) is 63.8 Å². The molecule has 0 spiro atoms. The molecule has 4 rings (SSSR count). The largest absolute Gasteiger partial charge is 0.508 e. The number of phenolic OH excluding ortho intramolecular Hbond substituents is 1. The molecule has 0 unspecified atom stereocenters. The van der Waals surface area contributed by atoms with Crippen LogP contribution in [-0.4, -0.2) is 34.0 Å². The number of hydrogen-bond donors (Lipinski definition) is 1. The number of fused-ring (bicyclic) bond motifs is 2. The standard InChI is InChI=1S/C24H26N2O4/c1-4-6-17-18(14(3)12-30-24(17)29)10-22-23-20(11-26(22)13-27)16(5-2)19-9-15(28)7-8-21(19)25-23/h7-10,13,17,28H,4-6,11-12H2,1-3H3/b22-10-/t17-/m0/s1. The number of amides is 1. The SMILES string of the molecule is CCC[C@@H]1C(=O)OCC(C)=C1/C=C1/c2nc3ccc(O)cc3c(CC)c2CN1C=O. The number of pyridine rings is 1. The van der Waals surface area contributed by atoms with Crippen molar-refractivity contribution < 1.29 is 19.4 Å². The lowest BCUT2D eigenvalue weighted by Crippen LogP contribution is -2.27. The summed E-state index contributed by atoms with van der Waals surface area (Å²) >= 11 is 0. The van der Waals surface area contributed by atoms with Gasteiger partial charge in [-0.3, -0.25) is 9.59 Å². The van der Waals surface area contributed by atoms with Gasteiger partial charge in [-0.25, -0.2) is 4.98 Å². The number of benzene rings is 1. The number of hydrogen-bond acceptors (Lipinski definition) is 5. The molecule has 2 aliphatic heterocycles. The molecule has 1 aromatic carbocycles. The van der Waals surface area contributed by atoms with Gasteiger partial charge in [0.2, 0.25) is 6.41 Å². The van der Waals surface area contributed by atoms with Gasteiger partial charge in [-0.05, 0) is 60.8 Å². The molecular formula is C24H26N2O4. The Labute approximate surface area is 175 Å². The Balaban J connectivity index is 1.93. The second-order valence-corrected chi connectivity index (χ2v) is 7.92. The average Bonchev–Trinajstić information content (AvgIpc) is 3.08. The summed E-state index contributed by atoms with van der Waals surface area (Å²) in [4.78, 5) is 30.8. The number of carbonyl (C=O) groups excluding carboxylic acids is 2. The Kier molecular flexibility index (Phi) is 5.33. The first-order valence-electron chi connectivity index (χ1n) is 10.4. The minimum atomic E-state index is -0.322. The summed E-state index contributed by atoms with van der Waals surface area (Å²) in [6, 6.07) is 5.15. The predicted molar refractivity (Wildman–Crippen MR) is 114 cm³/mol. The number of carbonyl (C=O) groups is 2. The monoisotopic (exact) mass is 406 g/mol. The minimum absolute atomic E-state index is 0.198. The fourth-order valence-electron chi connectivity index (χ4n) is 4.50. The Morgan fingerprint density at radius 1 is 1.33 bits per heavy atom. The zero-order valence-electron chi connectivity index (χ0n) is 17.6. The van der Waals surface area contributed by atoms with Crippen molar-refractivity contribution in [3.63, 3.8) is 0 Å². The third-order valence-electron chi connectivity index (χ3n) is 6.00. The first kappa shape index (κ1) is 20.1. The molecule has 0 saturated carbocycles. The highest BCUT2D eigenvalue weighted by Gasteiger charge is 2.33. The normalized spacial score (nSPS) is 20.1. The molecule has 0 radical (unpaired) electrons. The Hall–Kier alpha value is -3.15. The first-order chi connectivity index (χ1) is 14.5. The van der Waals surface area contributed by atoms with Crippen molar-refractivity contribution in [3.8, 4) is 5.75 Å². The smallest absolute Gasteiger partial charge is 0.313 e. The van der Waals surface area contributed by atoms with Crippen molar-refractivity contribution in [2.24, 2.45) is 5.92 Å². The van der Waals surface area contributed by atoms with E-state index in [9.17, 15) is 14.7 Å². The zero-order valence-corrected chi connectivity index (χ0v) is 17.6. The van der Waals surface area contributed by atoms with Crippen molar-refractivity contribution in [3.05, 3.63) is 52.2 Å². The molecule has 1 aromatic heterocycles. The number of rotatable bonds is 5. The third kappa shape index (κ3) is 3.26. The van der Waals surface area contributed by atoms with E-state index in [1.165, 1.54) is 0 Å². The molecular weight excluding hydrogens is 380 g/mol. The summed E-state index contributed by atoms with van der Waals surface area (Å²) in [7, 11) is 0. The van der Waals surface area contributed by atoms with Crippen molar-refractivity contribution >= 4 is 29.0 Å². The molecule has 6 nitrogen and oxygen atoms in total. The van der Waals surface area contributed by atoms with Gasteiger partial charge in [0.15, 0.2) is 0 Å². The van der Waals surface area contributed by atoms with Crippen LogP contribution >= 0.6 is 0 Å². The number of aromatic hydroxyl groups is 1. The highest BCUT2D eigenvalue weighted by atomic mass is 16.5. The molecule has 0 bridgehead atoms. The van der Waals surface area contributed by atoms with Crippen LogP contribution in [0.25, 0.3) is 16.6 Å². The third-order valence-corrected chi connectivity index (χ3v) is 6.00. The average molecular weight is 406 g/mol. The van der Waals surface area contributed by atoms with E-state index in [0.29, 0.717) is 13.0 Å². The van der Waals surface area contributed by atoms with Gasteiger partial charge in [-0.15, -0.1) is 0 Å². The highest BCUT2D eigenvalue weighted by molar-refractivity contribution is 5.91. The number of ether oxygens (including phenoxy) is 1. The van der Waals surface area contributed by atoms with E-state index < -0.39 is 0 Å². The molecule has 1 amide bonds. The lowest BCUT2D eigenvalue weighted by molar-refractivity contribution is -0.147. The number of cyclic esters (lactones) is 1. The van der Waals surface area contributed by atoms with E-state index >= 15 is 0 Å². The minimum Gasteiger partial charge on any atom is -0.508 e. The van der Waals surface area contributed by atoms with E-state index in [-0.39, 0.29) is 24.2 Å². The van der Waals surface area contributed by atoms with Crippen molar-refractivity contribution in [2.75, 3.05) is 6.61 Å². The van der Waals surface area contributed by atoms with Crippen LogP contribution in [0.3, 0.4) is 0 Å². The molecule has 2 aromatic rings. The molecule has 0 saturated heterocycles. The van der Waals surface area contributed by atoms with Crippen LogP contribution in [-0.2, 0) is 27.3 Å². The van der Waals surface area contributed by atoms with Gasteiger partial charge in [0, 0.05) is 10.9 Å².